The Balaban J connectivity index is 3.01. The van der Waals surface area contributed by atoms with Gasteiger partial charge in [0.2, 0.25) is 5.91 Å². The summed E-state index contributed by atoms with van der Waals surface area (Å²) in [6.45, 7) is 2.53. The van der Waals surface area contributed by atoms with Gasteiger partial charge in [-0.2, -0.15) is 0 Å². The number of hydrogen-bond acceptors (Lipinski definition) is 5. The first-order chi connectivity index (χ1) is 8.55. The average molecular weight is 286 g/mol. The van der Waals surface area contributed by atoms with Crippen LogP contribution in [0.3, 0.4) is 0 Å². The summed E-state index contributed by atoms with van der Waals surface area (Å²) in [6.07, 6.45) is 0.952. The van der Waals surface area contributed by atoms with E-state index in [0.29, 0.717) is 0 Å². The van der Waals surface area contributed by atoms with E-state index in [9.17, 15) is 18.0 Å². The van der Waals surface area contributed by atoms with E-state index in [4.69, 9.17) is 5.11 Å². The summed E-state index contributed by atoms with van der Waals surface area (Å²) >= 11 is 0. The van der Waals surface area contributed by atoms with E-state index in [-0.39, 0.29) is 11.5 Å². The zero-order valence-electron chi connectivity index (χ0n) is 10.7. The van der Waals surface area contributed by atoms with Crippen molar-refractivity contribution in [3.63, 3.8) is 0 Å². The molecule has 0 fully saturated rings. The van der Waals surface area contributed by atoms with E-state index in [1.54, 1.807) is 0 Å². The van der Waals surface area contributed by atoms with Crippen molar-refractivity contribution in [1.82, 2.24) is 4.98 Å². The molecule has 1 amide bonds. The van der Waals surface area contributed by atoms with Crippen LogP contribution in [0.25, 0.3) is 0 Å². The predicted octanol–water partition coefficient (Wildman–Crippen LogP) is 0.542. The van der Waals surface area contributed by atoms with E-state index in [0.717, 1.165) is 6.26 Å². The largest absolute Gasteiger partial charge is 0.477 e. The number of hydrogen-bond donors (Lipinski definition) is 2. The number of carboxylic acids is 1. The lowest BCUT2D eigenvalue weighted by molar-refractivity contribution is -0.117. The molecule has 1 heterocycles. The number of amides is 1. The summed E-state index contributed by atoms with van der Waals surface area (Å²) in [5, 5.41) is 11.1. The minimum Gasteiger partial charge on any atom is -0.477 e. The monoisotopic (exact) mass is 286 g/mol. The van der Waals surface area contributed by atoms with Gasteiger partial charge in [-0.15, -0.1) is 0 Å². The highest BCUT2D eigenvalue weighted by Crippen LogP contribution is 2.17. The average Bonchev–Trinajstić information content (AvgIpc) is 2.27. The summed E-state index contributed by atoms with van der Waals surface area (Å²) in [4.78, 5) is 26.3. The third kappa shape index (κ3) is 3.28. The zero-order valence-corrected chi connectivity index (χ0v) is 11.5. The van der Waals surface area contributed by atoms with Crippen molar-refractivity contribution < 1.29 is 23.1 Å². The second-order valence-corrected chi connectivity index (χ2v) is 7.01. The van der Waals surface area contributed by atoms with Gasteiger partial charge in [-0.05, 0) is 26.0 Å². The Morgan fingerprint density at radius 2 is 1.89 bits per heavy atom. The van der Waals surface area contributed by atoms with Crippen molar-refractivity contribution in [2.45, 2.75) is 18.6 Å². The van der Waals surface area contributed by atoms with Crippen molar-refractivity contribution in [3.05, 3.63) is 23.9 Å². The van der Waals surface area contributed by atoms with Crippen LogP contribution < -0.4 is 5.32 Å². The van der Waals surface area contributed by atoms with Gasteiger partial charge in [0.25, 0.3) is 0 Å². The van der Waals surface area contributed by atoms with Gasteiger partial charge in [-0.25, -0.2) is 18.2 Å². The SMILES string of the molecule is CC(C)(C(=O)Nc1cccc(C(=O)O)n1)S(C)(=O)=O. The Hall–Kier alpha value is -1.96. The van der Waals surface area contributed by atoms with Crippen molar-refractivity contribution in [1.29, 1.82) is 0 Å². The maximum absolute atomic E-state index is 11.9. The fourth-order valence-electron chi connectivity index (χ4n) is 1.06. The fourth-order valence-corrected chi connectivity index (χ4v) is 1.45. The molecule has 0 aliphatic carbocycles. The molecule has 1 aromatic heterocycles. The maximum atomic E-state index is 11.9. The molecule has 2 N–H and O–H groups in total. The van der Waals surface area contributed by atoms with Crippen LogP contribution in [-0.2, 0) is 14.6 Å². The standard InChI is InChI=1S/C11H14N2O5S/c1-11(2,19(3,17)18)10(16)13-8-6-4-5-7(12-8)9(14)15/h4-6H,1-3H3,(H,14,15)(H,12,13,16). The first-order valence-electron chi connectivity index (χ1n) is 5.27. The number of pyridine rings is 1. The van der Waals surface area contributed by atoms with Crippen molar-refractivity contribution in [2.24, 2.45) is 0 Å². The molecule has 0 bridgehead atoms. The summed E-state index contributed by atoms with van der Waals surface area (Å²) in [5.41, 5.74) is -0.241. The summed E-state index contributed by atoms with van der Waals surface area (Å²) in [6, 6.07) is 4.04. The fraction of sp³-hybridized carbons (Fsp3) is 0.364. The molecule has 1 aromatic rings. The smallest absolute Gasteiger partial charge is 0.354 e. The molecule has 19 heavy (non-hydrogen) atoms. The quantitative estimate of drug-likeness (QED) is 0.835. The Morgan fingerprint density at radius 1 is 1.32 bits per heavy atom. The number of carbonyl (C=O) groups excluding carboxylic acids is 1. The van der Waals surface area contributed by atoms with Gasteiger partial charge in [0.1, 0.15) is 10.6 Å². The van der Waals surface area contributed by atoms with Crippen LogP contribution >= 0.6 is 0 Å². The molecule has 8 heteroatoms. The highest BCUT2D eigenvalue weighted by atomic mass is 32.2. The zero-order chi connectivity index (χ0) is 14.8. The molecule has 0 aromatic carbocycles. The normalized spacial score (nSPS) is 11.9. The molecule has 0 aliphatic heterocycles. The third-order valence-corrected chi connectivity index (χ3v) is 4.72. The number of aromatic carboxylic acids is 1. The van der Waals surface area contributed by atoms with Crippen LogP contribution in [-0.4, -0.2) is 41.4 Å². The molecular formula is C11H14N2O5S. The van der Waals surface area contributed by atoms with Gasteiger partial charge in [-0.1, -0.05) is 6.07 Å². The second kappa shape index (κ2) is 4.96. The number of carboxylic acid groups (broad SMARTS) is 1. The molecule has 0 unspecified atom stereocenters. The van der Waals surface area contributed by atoms with Crippen LogP contribution in [0.1, 0.15) is 24.3 Å². The van der Waals surface area contributed by atoms with E-state index >= 15 is 0 Å². The van der Waals surface area contributed by atoms with E-state index in [1.807, 2.05) is 0 Å². The van der Waals surface area contributed by atoms with Gasteiger partial charge in [0.15, 0.2) is 15.5 Å². The first kappa shape index (κ1) is 15.1. The van der Waals surface area contributed by atoms with Gasteiger partial charge >= 0.3 is 5.97 Å². The number of nitrogens with zero attached hydrogens (tertiary/aromatic N) is 1. The van der Waals surface area contributed by atoms with Crippen LogP contribution in [0.15, 0.2) is 18.2 Å². The summed E-state index contributed by atoms with van der Waals surface area (Å²) in [5.74, 6) is -2.02. The molecule has 0 saturated carbocycles. The van der Waals surface area contributed by atoms with Crippen molar-refractivity contribution >= 4 is 27.5 Å². The Morgan fingerprint density at radius 3 is 2.37 bits per heavy atom. The minimum absolute atomic E-state index is 0.0124. The Labute approximate surface area is 110 Å². The number of nitrogens with one attached hydrogen (secondary N) is 1. The minimum atomic E-state index is -3.60. The molecule has 0 aliphatic rings. The number of rotatable bonds is 4. The first-order valence-corrected chi connectivity index (χ1v) is 7.16. The van der Waals surface area contributed by atoms with E-state index < -0.39 is 26.5 Å². The predicted molar refractivity (Wildman–Crippen MR) is 68.7 cm³/mol. The highest BCUT2D eigenvalue weighted by Gasteiger charge is 2.38. The Bertz CT molecular complexity index is 622. The maximum Gasteiger partial charge on any atom is 0.354 e. The third-order valence-electron chi connectivity index (χ3n) is 2.68. The van der Waals surface area contributed by atoms with Gasteiger partial charge in [0, 0.05) is 6.26 Å². The highest BCUT2D eigenvalue weighted by molar-refractivity contribution is 7.92. The summed E-state index contributed by atoms with van der Waals surface area (Å²) in [7, 11) is -3.60. The van der Waals surface area contributed by atoms with Gasteiger partial charge in [-0.3, -0.25) is 4.79 Å². The lowest BCUT2D eigenvalue weighted by atomic mass is 10.2. The molecule has 7 nitrogen and oxygen atoms in total. The molecule has 0 atom stereocenters. The number of aromatic nitrogens is 1. The number of anilines is 1. The molecule has 104 valence electrons. The number of carbonyl (C=O) groups is 2. The van der Waals surface area contributed by atoms with Gasteiger partial charge < -0.3 is 10.4 Å². The van der Waals surface area contributed by atoms with Crippen LogP contribution in [0.2, 0.25) is 0 Å². The molecule has 1 rings (SSSR count). The van der Waals surface area contributed by atoms with Crippen LogP contribution in [0, 0.1) is 0 Å². The molecule has 0 saturated heterocycles. The van der Waals surface area contributed by atoms with Crippen LogP contribution in [0.4, 0.5) is 5.82 Å². The van der Waals surface area contributed by atoms with E-state index in [1.165, 1.54) is 32.0 Å². The van der Waals surface area contributed by atoms with Crippen molar-refractivity contribution in [3.8, 4) is 0 Å². The second-order valence-electron chi connectivity index (χ2n) is 4.45. The molecule has 0 spiro atoms. The molecule has 0 radical (unpaired) electrons. The topological polar surface area (TPSA) is 113 Å². The Kier molecular flexibility index (Phi) is 3.94. The van der Waals surface area contributed by atoms with Gasteiger partial charge in [0.05, 0.1) is 0 Å². The molecular weight excluding hydrogens is 272 g/mol. The lowest BCUT2D eigenvalue weighted by Crippen LogP contribution is -2.44. The number of sulfone groups is 1. The summed E-state index contributed by atoms with van der Waals surface area (Å²) < 4.78 is 21.3. The lowest BCUT2D eigenvalue weighted by Gasteiger charge is -2.21. The van der Waals surface area contributed by atoms with E-state index in [2.05, 4.69) is 10.3 Å². The van der Waals surface area contributed by atoms with Crippen LogP contribution in [0.5, 0.6) is 0 Å². The van der Waals surface area contributed by atoms with Crippen molar-refractivity contribution in [2.75, 3.05) is 11.6 Å².